The Labute approximate surface area is 99.1 Å². The Hall–Kier alpha value is -0.120. The predicted octanol–water partition coefficient (Wildman–Crippen LogP) is 2.86. The van der Waals surface area contributed by atoms with Gasteiger partial charge in [-0.05, 0) is 12.8 Å². The van der Waals surface area contributed by atoms with E-state index < -0.39 is 5.79 Å². The molecule has 1 rings (SSSR count). The maximum Gasteiger partial charge on any atom is 0.168 e. The summed E-state index contributed by atoms with van der Waals surface area (Å²) in [6.45, 7) is 4.92. The van der Waals surface area contributed by atoms with Gasteiger partial charge in [0, 0.05) is 6.42 Å². The van der Waals surface area contributed by atoms with Crippen LogP contribution in [0.25, 0.3) is 0 Å². The Kier molecular flexibility index (Phi) is 6.32. The van der Waals surface area contributed by atoms with Crippen molar-refractivity contribution in [1.82, 2.24) is 0 Å². The molecule has 2 unspecified atom stereocenters. The van der Waals surface area contributed by atoms with Crippen molar-refractivity contribution in [3.63, 3.8) is 0 Å². The molecule has 0 saturated carbocycles. The zero-order valence-electron chi connectivity index (χ0n) is 10.7. The van der Waals surface area contributed by atoms with Crippen molar-refractivity contribution in [2.45, 2.75) is 70.7 Å². The Bertz CT molecular complexity index is 184. The number of hydrogen-bond donors (Lipinski definition) is 1. The van der Waals surface area contributed by atoms with Crippen LogP contribution in [-0.4, -0.2) is 30.2 Å². The van der Waals surface area contributed by atoms with Crippen molar-refractivity contribution in [3.05, 3.63) is 0 Å². The lowest BCUT2D eigenvalue weighted by Gasteiger charge is -2.26. The number of hydrogen-bond acceptors (Lipinski definition) is 3. The average Bonchev–Trinajstić information content (AvgIpc) is 2.73. The van der Waals surface area contributed by atoms with Gasteiger partial charge in [-0.25, -0.2) is 0 Å². The molecule has 16 heavy (non-hydrogen) atoms. The molecule has 0 aromatic heterocycles. The summed E-state index contributed by atoms with van der Waals surface area (Å²) in [6, 6.07) is 0. The molecule has 0 aromatic carbocycles. The van der Waals surface area contributed by atoms with Crippen LogP contribution < -0.4 is 0 Å². The minimum absolute atomic E-state index is 0.0670. The highest BCUT2D eigenvalue weighted by Crippen LogP contribution is 2.32. The highest BCUT2D eigenvalue weighted by atomic mass is 16.7. The van der Waals surface area contributed by atoms with E-state index >= 15 is 0 Å². The van der Waals surface area contributed by atoms with Crippen molar-refractivity contribution in [2.75, 3.05) is 13.2 Å². The first-order valence-electron chi connectivity index (χ1n) is 6.69. The maximum atomic E-state index is 9.03. The number of ether oxygens (including phenoxy) is 2. The van der Waals surface area contributed by atoms with Gasteiger partial charge in [0.2, 0.25) is 0 Å². The van der Waals surface area contributed by atoms with Gasteiger partial charge in [-0.15, -0.1) is 0 Å². The van der Waals surface area contributed by atoms with Gasteiger partial charge in [0.1, 0.15) is 6.10 Å². The summed E-state index contributed by atoms with van der Waals surface area (Å²) in [4.78, 5) is 0. The van der Waals surface area contributed by atoms with E-state index in [-0.39, 0.29) is 12.7 Å². The van der Waals surface area contributed by atoms with E-state index in [0.717, 1.165) is 19.3 Å². The van der Waals surface area contributed by atoms with Gasteiger partial charge < -0.3 is 14.6 Å². The molecule has 3 heteroatoms. The van der Waals surface area contributed by atoms with E-state index in [4.69, 9.17) is 14.6 Å². The van der Waals surface area contributed by atoms with Crippen molar-refractivity contribution in [1.29, 1.82) is 0 Å². The molecule has 96 valence electrons. The van der Waals surface area contributed by atoms with E-state index in [1.54, 1.807) is 0 Å². The van der Waals surface area contributed by atoms with Gasteiger partial charge >= 0.3 is 0 Å². The number of rotatable bonds is 8. The van der Waals surface area contributed by atoms with Crippen LogP contribution in [0.4, 0.5) is 0 Å². The van der Waals surface area contributed by atoms with Crippen LogP contribution in [-0.2, 0) is 9.47 Å². The first-order valence-corrected chi connectivity index (χ1v) is 6.69. The molecule has 1 aliphatic rings. The fourth-order valence-corrected chi connectivity index (χ4v) is 2.20. The van der Waals surface area contributed by atoms with E-state index in [1.807, 2.05) is 0 Å². The standard InChI is InChI=1S/C13H26O3/c1-3-5-6-7-8-9-13(4-2)15-11-12(10-14)16-13/h12,14H,3-11H2,1-2H3. The van der Waals surface area contributed by atoms with E-state index in [0.29, 0.717) is 6.61 Å². The van der Waals surface area contributed by atoms with E-state index in [9.17, 15) is 0 Å². The molecule has 1 aliphatic heterocycles. The molecular weight excluding hydrogens is 204 g/mol. The van der Waals surface area contributed by atoms with Gasteiger partial charge in [0.15, 0.2) is 5.79 Å². The summed E-state index contributed by atoms with van der Waals surface area (Å²) in [7, 11) is 0. The van der Waals surface area contributed by atoms with Gasteiger partial charge in [-0.3, -0.25) is 0 Å². The molecule has 0 amide bonds. The Morgan fingerprint density at radius 3 is 2.50 bits per heavy atom. The van der Waals surface area contributed by atoms with Crippen LogP contribution in [0, 0.1) is 0 Å². The van der Waals surface area contributed by atoms with Crippen molar-refractivity contribution in [2.24, 2.45) is 0 Å². The summed E-state index contributed by atoms with van der Waals surface area (Å²) in [5.74, 6) is -0.403. The van der Waals surface area contributed by atoms with Crippen LogP contribution in [0.2, 0.25) is 0 Å². The first-order chi connectivity index (χ1) is 7.76. The van der Waals surface area contributed by atoms with Crippen molar-refractivity contribution >= 4 is 0 Å². The third kappa shape index (κ3) is 4.04. The SMILES string of the molecule is CCCCCCCC1(CC)OCC(CO)O1. The molecule has 3 nitrogen and oxygen atoms in total. The Morgan fingerprint density at radius 2 is 1.94 bits per heavy atom. The average molecular weight is 230 g/mol. The summed E-state index contributed by atoms with van der Waals surface area (Å²) < 4.78 is 11.5. The molecular formula is C13H26O3. The first kappa shape index (κ1) is 13.9. The lowest BCUT2D eigenvalue weighted by Crippen LogP contribution is -2.30. The quantitative estimate of drug-likeness (QED) is 0.652. The molecule has 1 N–H and O–H groups in total. The summed E-state index contributed by atoms with van der Waals surface area (Å²) in [6.07, 6.45) is 8.04. The Morgan fingerprint density at radius 1 is 1.19 bits per heavy atom. The molecule has 0 aliphatic carbocycles. The predicted molar refractivity (Wildman–Crippen MR) is 64.3 cm³/mol. The topological polar surface area (TPSA) is 38.7 Å². The molecule has 0 aromatic rings. The minimum atomic E-state index is -0.403. The normalized spacial score (nSPS) is 29.8. The number of unbranched alkanes of at least 4 members (excludes halogenated alkanes) is 4. The second-order valence-electron chi connectivity index (χ2n) is 4.66. The molecule has 0 spiro atoms. The van der Waals surface area contributed by atoms with Gasteiger partial charge in [0.25, 0.3) is 0 Å². The fourth-order valence-electron chi connectivity index (χ4n) is 2.20. The van der Waals surface area contributed by atoms with E-state index in [2.05, 4.69) is 13.8 Å². The second-order valence-corrected chi connectivity index (χ2v) is 4.66. The maximum absolute atomic E-state index is 9.03. The van der Waals surface area contributed by atoms with Crippen molar-refractivity contribution in [3.8, 4) is 0 Å². The lowest BCUT2D eigenvalue weighted by molar-refractivity contribution is -0.178. The highest BCUT2D eigenvalue weighted by molar-refractivity contribution is 4.77. The van der Waals surface area contributed by atoms with Gasteiger partial charge in [-0.2, -0.15) is 0 Å². The summed E-state index contributed by atoms with van der Waals surface area (Å²) in [5.41, 5.74) is 0. The fraction of sp³-hybridized carbons (Fsp3) is 1.00. The third-order valence-corrected chi connectivity index (χ3v) is 3.32. The highest BCUT2D eigenvalue weighted by Gasteiger charge is 2.38. The lowest BCUT2D eigenvalue weighted by atomic mass is 10.0. The number of aliphatic hydroxyl groups excluding tert-OH is 1. The van der Waals surface area contributed by atoms with Crippen LogP contribution in [0.3, 0.4) is 0 Å². The van der Waals surface area contributed by atoms with E-state index in [1.165, 1.54) is 25.7 Å². The van der Waals surface area contributed by atoms with Crippen LogP contribution in [0.1, 0.15) is 58.8 Å². The molecule has 1 fully saturated rings. The second kappa shape index (κ2) is 7.25. The minimum Gasteiger partial charge on any atom is -0.394 e. The molecule has 1 heterocycles. The zero-order valence-corrected chi connectivity index (χ0v) is 10.7. The van der Waals surface area contributed by atoms with Gasteiger partial charge in [0.05, 0.1) is 13.2 Å². The molecule has 1 saturated heterocycles. The van der Waals surface area contributed by atoms with Crippen LogP contribution in [0.5, 0.6) is 0 Å². The third-order valence-electron chi connectivity index (χ3n) is 3.32. The number of aliphatic hydroxyl groups is 1. The summed E-state index contributed by atoms with van der Waals surface area (Å²) >= 11 is 0. The van der Waals surface area contributed by atoms with Crippen LogP contribution in [0.15, 0.2) is 0 Å². The van der Waals surface area contributed by atoms with Crippen molar-refractivity contribution < 1.29 is 14.6 Å². The molecule has 0 radical (unpaired) electrons. The molecule has 0 bridgehead atoms. The smallest absolute Gasteiger partial charge is 0.168 e. The monoisotopic (exact) mass is 230 g/mol. The van der Waals surface area contributed by atoms with Gasteiger partial charge in [-0.1, -0.05) is 39.5 Å². The zero-order chi connectivity index (χ0) is 11.9. The largest absolute Gasteiger partial charge is 0.394 e. The Balaban J connectivity index is 2.21. The molecule has 2 atom stereocenters. The van der Waals surface area contributed by atoms with Crippen LogP contribution >= 0.6 is 0 Å². The summed E-state index contributed by atoms with van der Waals surface area (Å²) in [5, 5.41) is 9.03.